The van der Waals surface area contributed by atoms with Gasteiger partial charge < -0.3 is 65.5 Å². The molecule has 10 rings (SSSR count). The number of hydrogen-bond acceptors (Lipinski definition) is 12. The van der Waals surface area contributed by atoms with Gasteiger partial charge in [0.05, 0.1) is 0 Å². The fraction of sp³-hybridized carbons (Fsp3) is 0.143. The Morgan fingerprint density at radius 3 is 0.443 bits per heavy atom. The van der Waals surface area contributed by atoms with E-state index in [0.717, 1.165) is 0 Å². The van der Waals surface area contributed by atoms with Crippen LogP contribution in [0, 0.1) is 0 Å². The molecule has 8 aromatic rings. The molecule has 0 heterocycles. The van der Waals surface area contributed by atoms with Crippen molar-refractivity contribution in [1.82, 2.24) is 24.6 Å². The van der Waals surface area contributed by atoms with Crippen LogP contribution in [-0.2, 0) is 96.1 Å². The number of phenolic OH excluding ortho intramolecular Hbond substituents is 6. The number of phenols is 6. The van der Waals surface area contributed by atoms with E-state index in [9.17, 15) is 40.9 Å². The number of benzene rings is 8. The Morgan fingerprint density at radius 2 is 0.314 bits per heavy atom. The van der Waals surface area contributed by atoms with Crippen molar-refractivity contribution in [2.45, 2.75) is 51.4 Å². The zero-order valence-electron chi connectivity index (χ0n) is 38.4. The van der Waals surface area contributed by atoms with Crippen molar-refractivity contribution in [2.75, 3.05) is 0 Å². The zero-order valence-corrected chi connectivity index (χ0v) is 41.4. The van der Waals surface area contributed by atoms with Crippen molar-refractivity contribution in [1.29, 1.82) is 0 Å². The van der Waals surface area contributed by atoms with Crippen molar-refractivity contribution >= 4 is 0 Å². The first-order chi connectivity index (χ1) is 31.0. The molecule has 2 aliphatic carbocycles. The first-order valence-corrected chi connectivity index (χ1v) is 21.4. The summed E-state index contributed by atoms with van der Waals surface area (Å²) in [5.74, 6) is 0.792. The van der Waals surface area contributed by atoms with Gasteiger partial charge in [-0.3, -0.25) is 0 Å². The van der Waals surface area contributed by atoms with E-state index in [2.05, 4.69) is 0 Å². The molecule has 0 spiro atoms. The molecule has 0 unspecified atom stereocenters. The van der Waals surface area contributed by atoms with Crippen LogP contribution in [0.2, 0.25) is 0 Å². The van der Waals surface area contributed by atoms with Crippen LogP contribution in [0.5, 0.6) is 46.0 Å². The maximum absolute atomic E-state index is 13.2. The molecule has 70 heavy (non-hydrogen) atoms. The molecule has 18 N–H and O–H groups in total. The minimum atomic E-state index is -0.0722. The predicted octanol–water partition coefficient (Wildman–Crippen LogP) is 9.75. The molecule has 16 bridgehead atoms. The Morgan fingerprint density at radius 1 is 0.214 bits per heavy atom. The van der Waals surface area contributed by atoms with E-state index in [0.29, 0.717) is 140 Å². The smallest absolute Gasteiger partial charge is 0.872 e. The fourth-order valence-corrected chi connectivity index (χ4v) is 9.05. The van der Waals surface area contributed by atoms with Gasteiger partial charge in [0, 0.05) is 51.4 Å². The van der Waals surface area contributed by atoms with E-state index in [4.69, 9.17) is 0 Å². The summed E-state index contributed by atoms with van der Waals surface area (Å²) in [5.41, 5.74) is 10.6. The number of hydrogen-bond donors (Lipinski definition) is 10. The van der Waals surface area contributed by atoms with Crippen molar-refractivity contribution in [3.63, 3.8) is 0 Å². The van der Waals surface area contributed by atoms with Crippen LogP contribution in [0.3, 0.4) is 0 Å². The minimum Gasteiger partial charge on any atom is -0.872 e. The number of para-hydroxylation sites is 8. The molecule has 372 valence electrons. The average Bonchev–Trinajstić information content (AvgIpc) is 3.28. The number of rotatable bonds is 0. The van der Waals surface area contributed by atoms with E-state index in [1.807, 2.05) is 121 Å². The molecule has 0 saturated carbocycles. The van der Waals surface area contributed by atoms with Crippen LogP contribution < -0.4 is 34.8 Å². The third-order valence-corrected chi connectivity index (χ3v) is 12.6. The molecule has 0 fully saturated rings. The Labute approximate surface area is 439 Å². The van der Waals surface area contributed by atoms with Crippen LogP contribution in [0.4, 0.5) is 0 Å². The van der Waals surface area contributed by atoms with Gasteiger partial charge in [-0.2, -0.15) is 0 Å². The molecule has 14 heteroatoms. The molecule has 8 aromatic carbocycles. The largest absolute Gasteiger partial charge is 1.00 e. The van der Waals surface area contributed by atoms with E-state index >= 15 is 0 Å². The summed E-state index contributed by atoms with van der Waals surface area (Å²) in [5, 5.41) is 91.9. The second-order valence-corrected chi connectivity index (χ2v) is 16.8. The monoisotopic (exact) mass is 1130 g/mol. The second-order valence-electron chi connectivity index (χ2n) is 16.8. The van der Waals surface area contributed by atoms with E-state index in [1.54, 1.807) is 24.3 Å². The van der Waals surface area contributed by atoms with Crippen molar-refractivity contribution in [2.24, 2.45) is 0 Å². The molecular formula is C56H58Ag2N4O8. The van der Waals surface area contributed by atoms with E-state index in [1.165, 1.54) is 0 Å². The molecule has 0 aromatic heterocycles. The van der Waals surface area contributed by atoms with E-state index in [-0.39, 0.29) is 115 Å². The minimum absolute atomic E-state index is 0. The SMILES string of the molecule is N.N.N.N.[Ag+].[Ag+].[O-]c1c2cccc1Cc1cccc(c1O)Cc1cccc(c1O)Cc1cccc(c1O)C2.[O-]c1c2cccc1Cc1cccc(c1O)Cc1cccc(c1O)Cc1cccc(c1O)C2. The summed E-state index contributed by atoms with van der Waals surface area (Å²) in [6.45, 7) is 0. The quantitative estimate of drug-likeness (QED) is 0.0635. The van der Waals surface area contributed by atoms with Gasteiger partial charge in [0.1, 0.15) is 34.5 Å². The summed E-state index contributed by atoms with van der Waals surface area (Å²) >= 11 is 0. The van der Waals surface area contributed by atoms with Gasteiger partial charge in [0.15, 0.2) is 0 Å². The molecule has 0 amide bonds. The standard InChI is InChI=1S/2C28H24O4.2Ag.4H3N/c2*29-25-17-5-1-6-18(25)14-20-8-3-10-22(27(20)31)16-24-12-4-11-23(28(24)32)15-21-9-2-7-19(13-17)26(21)30;;;;;;/h2*1-12,29-32H,13-16H2;;;4*1H3/q;;2*+1;;;;/p-2. The third kappa shape index (κ3) is 11.9. The molecule has 2 aliphatic rings. The molecule has 12 nitrogen and oxygen atoms in total. The van der Waals surface area contributed by atoms with Gasteiger partial charge >= 0.3 is 44.8 Å². The molecular weight excluding hydrogens is 1070 g/mol. The van der Waals surface area contributed by atoms with Crippen molar-refractivity contribution < 1.29 is 85.6 Å². The second kappa shape index (κ2) is 24.9. The van der Waals surface area contributed by atoms with Crippen LogP contribution in [0.25, 0.3) is 0 Å². The van der Waals surface area contributed by atoms with Gasteiger partial charge in [0.2, 0.25) is 0 Å². The number of aromatic hydroxyl groups is 6. The molecule has 0 atom stereocenters. The zero-order chi connectivity index (χ0) is 44.5. The van der Waals surface area contributed by atoms with Gasteiger partial charge in [-0.05, 0) is 66.8 Å². The number of fused-ring (bicyclic) bond motifs is 16. The van der Waals surface area contributed by atoms with Crippen LogP contribution in [0.1, 0.15) is 89.0 Å². The summed E-state index contributed by atoms with van der Waals surface area (Å²) < 4.78 is 0. The van der Waals surface area contributed by atoms with Crippen LogP contribution in [0.15, 0.2) is 146 Å². The normalized spacial score (nSPS) is 11.9. The Kier molecular flexibility index (Phi) is 20.5. The summed E-state index contributed by atoms with van der Waals surface area (Å²) in [6.07, 6.45) is 2.67. The predicted molar refractivity (Wildman–Crippen MR) is 263 cm³/mol. The van der Waals surface area contributed by atoms with Crippen molar-refractivity contribution in [3.05, 3.63) is 235 Å². The fourth-order valence-electron chi connectivity index (χ4n) is 9.05. The molecule has 0 aliphatic heterocycles. The Balaban J connectivity index is 0.000000341. The van der Waals surface area contributed by atoms with Gasteiger partial charge in [-0.25, -0.2) is 0 Å². The average molecular weight is 1130 g/mol. The van der Waals surface area contributed by atoms with Crippen molar-refractivity contribution in [3.8, 4) is 46.0 Å². The van der Waals surface area contributed by atoms with Gasteiger partial charge in [-0.15, -0.1) is 11.5 Å². The first-order valence-electron chi connectivity index (χ1n) is 21.4. The summed E-state index contributed by atoms with van der Waals surface area (Å²) in [7, 11) is 0. The summed E-state index contributed by atoms with van der Waals surface area (Å²) in [6, 6.07) is 44.0. The van der Waals surface area contributed by atoms with Gasteiger partial charge in [0.25, 0.3) is 0 Å². The van der Waals surface area contributed by atoms with Crippen LogP contribution in [-0.4, -0.2) is 30.6 Å². The maximum atomic E-state index is 13.2. The first kappa shape index (κ1) is 57.8. The third-order valence-electron chi connectivity index (χ3n) is 12.6. The molecule has 0 saturated heterocycles. The summed E-state index contributed by atoms with van der Waals surface area (Å²) in [4.78, 5) is 0. The topological polar surface area (TPSA) is 308 Å². The van der Waals surface area contributed by atoms with E-state index < -0.39 is 0 Å². The maximum Gasteiger partial charge on any atom is 1.00 e. The molecule has 0 radical (unpaired) electrons. The van der Waals surface area contributed by atoms with Gasteiger partial charge in [-0.1, -0.05) is 168 Å². The Hall–Kier alpha value is -6.52. The Bertz CT molecular complexity index is 2310. The van der Waals surface area contributed by atoms with Crippen LogP contribution >= 0.6 is 0 Å².